The van der Waals surface area contributed by atoms with Gasteiger partial charge in [0.05, 0.1) is 0 Å². The molecule has 1 rings (SSSR count). The van der Waals surface area contributed by atoms with Crippen molar-refractivity contribution in [2.45, 2.75) is 26.3 Å². The summed E-state index contributed by atoms with van der Waals surface area (Å²) >= 11 is 0. The lowest BCUT2D eigenvalue weighted by Gasteiger charge is -2.14. The molecule has 0 fully saturated rings. The quantitative estimate of drug-likeness (QED) is 0.566. The maximum Gasteiger partial charge on any atom is 0.0364 e. The molecule has 1 aromatic carbocycles. The van der Waals surface area contributed by atoms with Gasteiger partial charge in [0.15, 0.2) is 0 Å². The second-order valence-corrected chi connectivity index (χ2v) is 3.64. The lowest BCUT2D eigenvalue weighted by Crippen LogP contribution is -2.13. The first-order chi connectivity index (χ1) is 6.63. The van der Waals surface area contributed by atoms with Gasteiger partial charge in [0.1, 0.15) is 0 Å². The lowest BCUT2D eigenvalue weighted by atomic mass is 10.1. The Morgan fingerprint density at radius 3 is 2.86 bits per heavy atom. The van der Waals surface area contributed by atoms with Crippen LogP contribution in [0.1, 0.15) is 18.9 Å². The molecule has 2 heteroatoms. The fourth-order valence-electron chi connectivity index (χ4n) is 1.32. The predicted molar refractivity (Wildman–Crippen MR) is 63.5 cm³/mol. The van der Waals surface area contributed by atoms with Gasteiger partial charge in [-0.1, -0.05) is 12.1 Å². The van der Waals surface area contributed by atoms with Crippen molar-refractivity contribution in [3.05, 3.63) is 36.4 Å². The minimum Gasteiger partial charge on any atom is -0.398 e. The van der Waals surface area contributed by atoms with E-state index >= 15 is 0 Å². The molecule has 0 aliphatic carbocycles. The van der Waals surface area contributed by atoms with Crippen LogP contribution in [0.25, 0.3) is 0 Å². The van der Waals surface area contributed by atoms with Crippen LogP contribution in [-0.2, 0) is 0 Å². The predicted octanol–water partition coefficient (Wildman–Crippen LogP) is 2.95. The van der Waals surface area contributed by atoms with Gasteiger partial charge >= 0.3 is 0 Å². The van der Waals surface area contributed by atoms with E-state index in [0.717, 1.165) is 23.4 Å². The van der Waals surface area contributed by atoms with Crippen LogP contribution >= 0.6 is 0 Å². The van der Waals surface area contributed by atoms with E-state index in [1.54, 1.807) is 0 Å². The van der Waals surface area contributed by atoms with Gasteiger partial charge in [-0.05, 0) is 38.0 Å². The summed E-state index contributed by atoms with van der Waals surface area (Å²) in [5.74, 6) is 0. The summed E-state index contributed by atoms with van der Waals surface area (Å²) in [4.78, 5) is 0. The standard InChI is InChI=1S/C12H18N2/c1-4-5-10(3)14-11-7-6-9(2)12(13)8-11/h4,6-8,10,14H,1,5,13H2,2-3H3. The van der Waals surface area contributed by atoms with Gasteiger partial charge in [-0.3, -0.25) is 0 Å². The Morgan fingerprint density at radius 1 is 1.57 bits per heavy atom. The second-order valence-electron chi connectivity index (χ2n) is 3.64. The topological polar surface area (TPSA) is 38.0 Å². The first kappa shape index (κ1) is 10.6. The zero-order chi connectivity index (χ0) is 10.6. The van der Waals surface area contributed by atoms with Crippen LogP contribution in [0.2, 0.25) is 0 Å². The van der Waals surface area contributed by atoms with Crippen molar-refractivity contribution in [2.24, 2.45) is 0 Å². The van der Waals surface area contributed by atoms with E-state index in [4.69, 9.17) is 5.73 Å². The number of nitrogens with two attached hydrogens (primary N) is 1. The van der Waals surface area contributed by atoms with E-state index < -0.39 is 0 Å². The first-order valence-corrected chi connectivity index (χ1v) is 4.87. The third kappa shape index (κ3) is 2.80. The summed E-state index contributed by atoms with van der Waals surface area (Å²) in [6.45, 7) is 7.84. The molecule has 0 bridgehead atoms. The molecule has 0 aliphatic heterocycles. The third-order valence-corrected chi connectivity index (χ3v) is 2.21. The Kier molecular flexibility index (Phi) is 3.57. The maximum absolute atomic E-state index is 5.81. The third-order valence-electron chi connectivity index (χ3n) is 2.21. The lowest BCUT2D eigenvalue weighted by molar-refractivity contribution is 0.814. The van der Waals surface area contributed by atoms with Crippen LogP contribution in [0.4, 0.5) is 11.4 Å². The Bertz CT molecular complexity index is 318. The van der Waals surface area contributed by atoms with Crippen molar-refractivity contribution in [3.8, 4) is 0 Å². The van der Waals surface area contributed by atoms with Gasteiger partial charge < -0.3 is 11.1 Å². The molecule has 1 aromatic rings. The highest BCUT2D eigenvalue weighted by molar-refractivity contribution is 5.58. The number of rotatable bonds is 4. The van der Waals surface area contributed by atoms with Gasteiger partial charge in [0.25, 0.3) is 0 Å². The van der Waals surface area contributed by atoms with Crippen molar-refractivity contribution in [1.29, 1.82) is 0 Å². The Labute approximate surface area is 85.8 Å². The molecule has 0 spiro atoms. The molecule has 14 heavy (non-hydrogen) atoms. The summed E-state index contributed by atoms with van der Waals surface area (Å²) in [5.41, 5.74) is 8.83. The van der Waals surface area contributed by atoms with Crippen LogP contribution in [0, 0.1) is 6.92 Å². The molecule has 0 radical (unpaired) electrons. The van der Waals surface area contributed by atoms with E-state index in [0.29, 0.717) is 6.04 Å². The zero-order valence-electron chi connectivity index (χ0n) is 8.88. The smallest absolute Gasteiger partial charge is 0.0364 e. The number of hydrogen-bond donors (Lipinski definition) is 2. The van der Waals surface area contributed by atoms with E-state index in [-0.39, 0.29) is 0 Å². The van der Waals surface area contributed by atoms with E-state index in [1.165, 1.54) is 0 Å². The Hall–Kier alpha value is -1.44. The molecule has 76 valence electrons. The minimum atomic E-state index is 0.398. The van der Waals surface area contributed by atoms with Crippen LogP contribution in [0.3, 0.4) is 0 Å². The summed E-state index contributed by atoms with van der Waals surface area (Å²) < 4.78 is 0. The van der Waals surface area contributed by atoms with Crippen LogP contribution < -0.4 is 11.1 Å². The number of aryl methyl sites for hydroxylation is 1. The summed E-state index contributed by atoms with van der Waals surface area (Å²) in [6.07, 6.45) is 2.86. The van der Waals surface area contributed by atoms with Gasteiger partial charge in [-0.15, -0.1) is 6.58 Å². The average molecular weight is 190 g/mol. The van der Waals surface area contributed by atoms with E-state index in [2.05, 4.69) is 18.8 Å². The van der Waals surface area contributed by atoms with Crippen LogP contribution in [-0.4, -0.2) is 6.04 Å². The highest BCUT2D eigenvalue weighted by Crippen LogP contribution is 2.17. The zero-order valence-corrected chi connectivity index (χ0v) is 8.88. The van der Waals surface area contributed by atoms with E-state index in [1.807, 2.05) is 31.2 Å². The molecule has 0 aromatic heterocycles. The molecule has 0 saturated carbocycles. The minimum absolute atomic E-state index is 0.398. The Balaban J connectivity index is 2.67. The molecule has 0 aliphatic rings. The van der Waals surface area contributed by atoms with Crippen molar-refractivity contribution in [3.63, 3.8) is 0 Å². The van der Waals surface area contributed by atoms with Crippen molar-refractivity contribution >= 4 is 11.4 Å². The second kappa shape index (κ2) is 4.70. The fourth-order valence-corrected chi connectivity index (χ4v) is 1.32. The Morgan fingerprint density at radius 2 is 2.29 bits per heavy atom. The summed E-state index contributed by atoms with van der Waals surface area (Å²) in [5, 5.41) is 3.36. The largest absolute Gasteiger partial charge is 0.398 e. The van der Waals surface area contributed by atoms with Crippen LogP contribution in [0.15, 0.2) is 30.9 Å². The molecule has 2 nitrogen and oxygen atoms in total. The molecule has 3 N–H and O–H groups in total. The van der Waals surface area contributed by atoms with Gasteiger partial charge in [0, 0.05) is 17.4 Å². The SMILES string of the molecule is C=CCC(C)Nc1ccc(C)c(N)c1. The first-order valence-electron chi connectivity index (χ1n) is 4.87. The number of benzene rings is 1. The molecule has 1 atom stereocenters. The number of hydrogen-bond acceptors (Lipinski definition) is 2. The summed E-state index contributed by atoms with van der Waals surface area (Å²) in [6, 6.07) is 6.44. The highest BCUT2D eigenvalue weighted by atomic mass is 14.9. The van der Waals surface area contributed by atoms with E-state index in [9.17, 15) is 0 Å². The summed E-state index contributed by atoms with van der Waals surface area (Å²) in [7, 11) is 0. The monoisotopic (exact) mass is 190 g/mol. The normalized spacial score (nSPS) is 12.1. The van der Waals surface area contributed by atoms with Crippen molar-refractivity contribution in [1.82, 2.24) is 0 Å². The number of anilines is 2. The molecular formula is C12H18N2. The van der Waals surface area contributed by atoms with Gasteiger partial charge in [-0.2, -0.15) is 0 Å². The molecule has 1 unspecified atom stereocenters. The van der Waals surface area contributed by atoms with Gasteiger partial charge in [0.2, 0.25) is 0 Å². The molecular weight excluding hydrogens is 172 g/mol. The molecule has 0 saturated heterocycles. The fraction of sp³-hybridized carbons (Fsp3) is 0.333. The number of nitrogens with one attached hydrogen (secondary N) is 1. The highest BCUT2D eigenvalue weighted by Gasteiger charge is 2.00. The number of nitrogen functional groups attached to an aromatic ring is 1. The molecule has 0 amide bonds. The van der Waals surface area contributed by atoms with Crippen molar-refractivity contribution in [2.75, 3.05) is 11.1 Å². The van der Waals surface area contributed by atoms with Gasteiger partial charge in [-0.25, -0.2) is 0 Å². The average Bonchev–Trinajstić information content (AvgIpc) is 2.12. The van der Waals surface area contributed by atoms with Crippen molar-refractivity contribution < 1.29 is 0 Å². The molecule has 0 heterocycles. The van der Waals surface area contributed by atoms with Crippen LogP contribution in [0.5, 0.6) is 0 Å². The maximum atomic E-state index is 5.81.